The number of esters is 1. The Labute approximate surface area is 279 Å². The summed E-state index contributed by atoms with van der Waals surface area (Å²) in [5.41, 5.74) is 1.92. The zero-order valence-electron chi connectivity index (χ0n) is 27.5. The van der Waals surface area contributed by atoms with Gasteiger partial charge in [-0.25, -0.2) is 4.79 Å². The van der Waals surface area contributed by atoms with Gasteiger partial charge < -0.3 is 30.5 Å². The SMILES string of the molecule is C=CCC[C@H](Cc1ccccc1)C(=O)OC[C@H](CCCCNC(=O)OCc1ccccc1)NC(=O)[C@H](CC=C)CC(=O)N[C@@H](C)CO. The number of amides is 3. The lowest BCUT2D eigenvalue weighted by atomic mass is 9.95. The topological polar surface area (TPSA) is 143 Å². The van der Waals surface area contributed by atoms with E-state index < -0.39 is 24.1 Å². The number of rotatable bonds is 23. The maximum Gasteiger partial charge on any atom is 0.407 e. The summed E-state index contributed by atoms with van der Waals surface area (Å²) < 4.78 is 11.0. The summed E-state index contributed by atoms with van der Waals surface area (Å²) in [7, 11) is 0. The number of aliphatic hydroxyl groups is 1. The van der Waals surface area contributed by atoms with E-state index in [0.29, 0.717) is 45.1 Å². The number of alkyl carbamates (subject to hydrolysis) is 1. The standard InChI is InChI=1S/C37H51N3O7/c1-4-6-20-32(23-29-16-9-7-10-17-29)36(44)46-27-33(40-35(43)31(15-5-2)24-34(42)39-28(3)25-41)21-13-14-22-38-37(45)47-26-30-18-11-8-12-19-30/h4-5,7-12,16-19,28,31-33,41H,1-2,6,13-15,20-27H2,3H3,(H,38,45)(H,39,42)(H,40,43)/t28-,31+,32+,33-/m0/s1. The van der Waals surface area contributed by atoms with Gasteiger partial charge in [-0.2, -0.15) is 0 Å². The highest BCUT2D eigenvalue weighted by atomic mass is 16.5. The fourth-order valence-corrected chi connectivity index (χ4v) is 4.91. The number of benzene rings is 2. The molecular formula is C37H51N3O7. The van der Waals surface area contributed by atoms with Crippen LogP contribution in [0.25, 0.3) is 0 Å². The van der Waals surface area contributed by atoms with Crippen LogP contribution in [0.1, 0.15) is 63.0 Å². The van der Waals surface area contributed by atoms with E-state index >= 15 is 0 Å². The monoisotopic (exact) mass is 649 g/mol. The third-order valence-corrected chi connectivity index (χ3v) is 7.55. The molecule has 4 N–H and O–H groups in total. The lowest BCUT2D eigenvalue weighted by molar-refractivity contribution is -0.150. The minimum absolute atomic E-state index is 0.0367. The lowest BCUT2D eigenvalue weighted by Gasteiger charge is -2.24. The molecule has 0 saturated carbocycles. The molecule has 0 aliphatic carbocycles. The van der Waals surface area contributed by atoms with E-state index in [1.807, 2.05) is 60.7 Å². The highest BCUT2D eigenvalue weighted by Gasteiger charge is 2.26. The molecule has 0 heterocycles. The lowest BCUT2D eigenvalue weighted by Crippen LogP contribution is -2.44. The fourth-order valence-electron chi connectivity index (χ4n) is 4.91. The number of carbonyl (C=O) groups excluding carboxylic acids is 4. The van der Waals surface area contributed by atoms with Gasteiger partial charge in [-0.05, 0) is 63.0 Å². The van der Waals surface area contributed by atoms with Crippen molar-refractivity contribution < 1.29 is 33.8 Å². The molecule has 0 bridgehead atoms. The third-order valence-electron chi connectivity index (χ3n) is 7.55. The Morgan fingerprint density at radius 1 is 0.851 bits per heavy atom. The van der Waals surface area contributed by atoms with Gasteiger partial charge in [-0.15, -0.1) is 13.2 Å². The van der Waals surface area contributed by atoms with Crippen LogP contribution in [0.3, 0.4) is 0 Å². The number of allylic oxidation sites excluding steroid dienone is 2. The fraction of sp³-hybridized carbons (Fsp3) is 0.459. The molecule has 0 saturated heterocycles. The molecule has 0 aliphatic rings. The van der Waals surface area contributed by atoms with E-state index in [2.05, 4.69) is 29.1 Å². The summed E-state index contributed by atoms with van der Waals surface area (Å²) in [4.78, 5) is 51.2. The van der Waals surface area contributed by atoms with Gasteiger partial charge in [0.2, 0.25) is 11.8 Å². The minimum atomic E-state index is -0.684. The summed E-state index contributed by atoms with van der Waals surface area (Å²) >= 11 is 0. The number of aliphatic hydroxyl groups excluding tert-OH is 1. The Bertz CT molecular complexity index is 1240. The van der Waals surface area contributed by atoms with Crippen LogP contribution in [0, 0.1) is 11.8 Å². The highest BCUT2D eigenvalue weighted by Crippen LogP contribution is 2.18. The van der Waals surface area contributed by atoms with E-state index in [4.69, 9.17) is 9.47 Å². The van der Waals surface area contributed by atoms with E-state index in [-0.39, 0.29) is 56.4 Å². The number of hydrogen-bond acceptors (Lipinski definition) is 7. The van der Waals surface area contributed by atoms with Crippen LogP contribution < -0.4 is 16.0 Å². The van der Waals surface area contributed by atoms with Crippen molar-refractivity contribution in [3.8, 4) is 0 Å². The van der Waals surface area contributed by atoms with Crippen LogP contribution in [0.4, 0.5) is 4.79 Å². The molecule has 2 aromatic carbocycles. The molecule has 0 aliphatic heterocycles. The van der Waals surface area contributed by atoms with Crippen LogP contribution in [-0.4, -0.2) is 60.8 Å². The summed E-state index contributed by atoms with van der Waals surface area (Å²) in [6.07, 6.45) is 6.51. The maximum absolute atomic E-state index is 13.3. The maximum atomic E-state index is 13.3. The van der Waals surface area contributed by atoms with Gasteiger partial charge in [0.15, 0.2) is 0 Å². The summed E-state index contributed by atoms with van der Waals surface area (Å²) in [5, 5.41) is 17.6. The molecule has 2 aromatic rings. The van der Waals surface area contributed by atoms with Gasteiger partial charge in [0, 0.05) is 19.0 Å². The van der Waals surface area contributed by atoms with Crippen LogP contribution in [0.2, 0.25) is 0 Å². The second-order valence-electron chi connectivity index (χ2n) is 11.6. The first-order valence-corrected chi connectivity index (χ1v) is 16.3. The number of hydrogen-bond donors (Lipinski definition) is 4. The average Bonchev–Trinajstić information content (AvgIpc) is 3.08. The van der Waals surface area contributed by atoms with Crippen LogP contribution in [0.15, 0.2) is 86.0 Å². The summed E-state index contributed by atoms with van der Waals surface area (Å²) in [5.74, 6) is -2.11. The number of ether oxygens (including phenoxy) is 2. The Hall–Kier alpha value is -4.44. The zero-order chi connectivity index (χ0) is 34.3. The average molecular weight is 650 g/mol. The van der Waals surface area contributed by atoms with Gasteiger partial charge in [0.05, 0.1) is 24.5 Å². The van der Waals surface area contributed by atoms with Crippen molar-refractivity contribution in [2.45, 2.75) is 77.0 Å². The van der Waals surface area contributed by atoms with Crippen LogP contribution in [-0.2, 0) is 36.9 Å². The highest BCUT2D eigenvalue weighted by molar-refractivity contribution is 5.86. The molecule has 0 fully saturated rings. The molecule has 256 valence electrons. The van der Waals surface area contributed by atoms with Crippen molar-refractivity contribution in [1.82, 2.24) is 16.0 Å². The van der Waals surface area contributed by atoms with Gasteiger partial charge in [-0.3, -0.25) is 14.4 Å². The first-order chi connectivity index (χ1) is 22.7. The molecule has 47 heavy (non-hydrogen) atoms. The van der Waals surface area contributed by atoms with Crippen LogP contribution >= 0.6 is 0 Å². The van der Waals surface area contributed by atoms with Crippen molar-refractivity contribution >= 4 is 23.9 Å². The molecule has 2 rings (SSSR count). The Morgan fingerprint density at radius 2 is 1.53 bits per heavy atom. The predicted molar refractivity (Wildman–Crippen MR) is 182 cm³/mol. The van der Waals surface area contributed by atoms with Crippen molar-refractivity contribution in [3.05, 3.63) is 97.1 Å². The first-order valence-electron chi connectivity index (χ1n) is 16.3. The van der Waals surface area contributed by atoms with Crippen molar-refractivity contribution in [1.29, 1.82) is 0 Å². The van der Waals surface area contributed by atoms with Gasteiger partial charge in [-0.1, -0.05) is 72.8 Å². The van der Waals surface area contributed by atoms with Crippen molar-refractivity contribution in [3.63, 3.8) is 0 Å². The normalized spacial score (nSPS) is 13.2. The number of nitrogens with one attached hydrogen (secondary N) is 3. The summed E-state index contributed by atoms with van der Waals surface area (Å²) in [6, 6.07) is 18.2. The van der Waals surface area contributed by atoms with E-state index in [9.17, 15) is 24.3 Å². The molecule has 0 spiro atoms. The van der Waals surface area contributed by atoms with Gasteiger partial charge in [0.1, 0.15) is 13.2 Å². The first kappa shape index (κ1) is 38.7. The van der Waals surface area contributed by atoms with E-state index in [1.54, 1.807) is 19.1 Å². The molecular weight excluding hydrogens is 598 g/mol. The second-order valence-corrected chi connectivity index (χ2v) is 11.6. The minimum Gasteiger partial charge on any atom is -0.463 e. The quantitative estimate of drug-likeness (QED) is 0.0753. The van der Waals surface area contributed by atoms with E-state index in [0.717, 1.165) is 11.1 Å². The Kier molecular flexibility index (Phi) is 18.9. The second kappa shape index (κ2) is 23.0. The number of unbranched alkanes of at least 4 members (excludes halogenated alkanes) is 1. The molecule has 10 nitrogen and oxygen atoms in total. The van der Waals surface area contributed by atoms with Crippen molar-refractivity contribution in [2.75, 3.05) is 19.8 Å². The Balaban J connectivity index is 2.00. The molecule has 0 radical (unpaired) electrons. The van der Waals surface area contributed by atoms with E-state index in [1.165, 1.54) is 0 Å². The summed E-state index contributed by atoms with van der Waals surface area (Å²) in [6.45, 7) is 9.47. The third kappa shape index (κ3) is 16.6. The zero-order valence-corrected chi connectivity index (χ0v) is 27.5. The molecule has 0 aromatic heterocycles. The molecule has 0 unspecified atom stereocenters. The van der Waals surface area contributed by atoms with Gasteiger partial charge in [0.25, 0.3) is 0 Å². The smallest absolute Gasteiger partial charge is 0.407 e. The van der Waals surface area contributed by atoms with Gasteiger partial charge >= 0.3 is 12.1 Å². The van der Waals surface area contributed by atoms with Crippen LogP contribution in [0.5, 0.6) is 0 Å². The van der Waals surface area contributed by atoms with Crippen molar-refractivity contribution in [2.24, 2.45) is 11.8 Å². The predicted octanol–water partition coefficient (Wildman–Crippen LogP) is 5.02. The Morgan fingerprint density at radius 3 is 2.17 bits per heavy atom. The molecule has 3 amide bonds. The number of carbonyl (C=O) groups is 4. The largest absolute Gasteiger partial charge is 0.463 e. The molecule has 10 heteroatoms. The molecule has 4 atom stereocenters.